The highest BCUT2D eigenvalue weighted by Gasteiger charge is 2.16. The molecule has 0 aliphatic carbocycles. The largest absolute Gasteiger partial charge is 0.399 e. The van der Waals surface area contributed by atoms with Gasteiger partial charge in [0.1, 0.15) is 0 Å². The fourth-order valence-corrected chi connectivity index (χ4v) is 3.16. The van der Waals surface area contributed by atoms with Crippen LogP contribution in [0.4, 0.5) is 11.4 Å². The van der Waals surface area contributed by atoms with E-state index in [0.29, 0.717) is 17.2 Å². The molecule has 0 saturated carbocycles. The summed E-state index contributed by atoms with van der Waals surface area (Å²) in [6.45, 7) is 8.24. The Balaban J connectivity index is 2.86. The number of hydrogen-bond donors (Lipinski definition) is 3. The van der Waals surface area contributed by atoms with Gasteiger partial charge in [-0.15, -0.1) is 0 Å². The van der Waals surface area contributed by atoms with Crippen LogP contribution in [0.1, 0.15) is 45.6 Å². The maximum Gasteiger partial charge on any atom is 0.238 e. The number of nitrogen functional groups attached to an aromatic ring is 1. The topological polar surface area (TPSA) is 98.2 Å². The van der Waals surface area contributed by atoms with Crippen LogP contribution in [0.25, 0.3) is 0 Å². The minimum absolute atomic E-state index is 0.0828. The number of sulfonamides is 1. The first-order valence-corrected chi connectivity index (χ1v) is 8.85. The molecule has 0 aliphatic rings. The van der Waals surface area contributed by atoms with E-state index in [1.807, 2.05) is 0 Å². The van der Waals surface area contributed by atoms with E-state index < -0.39 is 10.0 Å². The fraction of sp³-hybridized carbons (Fsp3) is 0.600. The molecule has 0 saturated heterocycles. The van der Waals surface area contributed by atoms with Gasteiger partial charge >= 0.3 is 0 Å². The minimum atomic E-state index is -3.76. The highest BCUT2D eigenvalue weighted by molar-refractivity contribution is 7.89. The number of hydrogen-bond acceptors (Lipinski definition) is 4. The number of benzene rings is 1. The van der Waals surface area contributed by atoms with Crippen LogP contribution in [0.3, 0.4) is 0 Å². The zero-order valence-corrected chi connectivity index (χ0v) is 14.1. The van der Waals surface area contributed by atoms with Crippen LogP contribution in [-0.4, -0.2) is 14.5 Å². The maximum absolute atomic E-state index is 11.6. The van der Waals surface area contributed by atoms with Crippen LogP contribution in [0.15, 0.2) is 17.0 Å². The van der Waals surface area contributed by atoms with Crippen LogP contribution in [0.5, 0.6) is 0 Å². The second-order valence-corrected chi connectivity index (χ2v) is 7.64. The van der Waals surface area contributed by atoms with E-state index in [1.165, 1.54) is 12.5 Å². The lowest BCUT2D eigenvalue weighted by Gasteiger charge is -2.19. The van der Waals surface area contributed by atoms with Crippen molar-refractivity contribution in [3.05, 3.63) is 17.7 Å². The van der Waals surface area contributed by atoms with E-state index in [2.05, 4.69) is 26.1 Å². The van der Waals surface area contributed by atoms with Gasteiger partial charge in [0.25, 0.3) is 0 Å². The number of rotatable bonds is 7. The van der Waals surface area contributed by atoms with E-state index in [9.17, 15) is 8.42 Å². The Morgan fingerprint density at radius 1 is 1.19 bits per heavy atom. The molecule has 0 amide bonds. The number of anilines is 2. The lowest BCUT2D eigenvalue weighted by atomic mass is 10.0. The Labute approximate surface area is 128 Å². The predicted octanol–water partition coefficient (Wildman–Crippen LogP) is 2.85. The van der Waals surface area contributed by atoms with Crippen LogP contribution < -0.4 is 16.2 Å². The van der Waals surface area contributed by atoms with Gasteiger partial charge in [0.15, 0.2) is 0 Å². The third kappa shape index (κ3) is 5.55. The van der Waals surface area contributed by atoms with Crippen molar-refractivity contribution in [2.75, 3.05) is 11.1 Å². The van der Waals surface area contributed by atoms with E-state index >= 15 is 0 Å². The molecule has 6 heteroatoms. The summed E-state index contributed by atoms with van der Waals surface area (Å²) in [4.78, 5) is 0.0828. The summed E-state index contributed by atoms with van der Waals surface area (Å²) in [5.74, 6) is 0.695. The van der Waals surface area contributed by atoms with Crippen molar-refractivity contribution in [3.8, 4) is 0 Å². The molecule has 1 aromatic carbocycles. The molecule has 1 atom stereocenters. The van der Waals surface area contributed by atoms with Gasteiger partial charge in [-0.05, 0) is 43.9 Å². The highest BCUT2D eigenvalue weighted by atomic mass is 32.2. The number of primary sulfonamides is 1. The summed E-state index contributed by atoms with van der Waals surface area (Å²) in [6, 6.07) is 3.40. The van der Waals surface area contributed by atoms with Crippen molar-refractivity contribution < 1.29 is 8.42 Å². The Bertz CT molecular complexity index is 583. The second kappa shape index (κ2) is 7.13. The molecule has 0 spiro atoms. The van der Waals surface area contributed by atoms with Gasteiger partial charge in [0.05, 0.1) is 4.90 Å². The van der Waals surface area contributed by atoms with E-state index in [-0.39, 0.29) is 10.9 Å². The van der Waals surface area contributed by atoms with Crippen molar-refractivity contribution in [1.82, 2.24) is 0 Å². The molecule has 1 aromatic rings. The SMILES string of the molecule is Cc1c(NC(C)CCCC(C)C)cc(N)cc1S(N)(=O)=O. The first kappa shape index (κ1) is 17.8. The molecular formula is C15H27N3O2S. The van der Waals surface area contributed by atoms with Crippen molar-refractivity contribution in [1.29, 1.82) is 0 Å². The Morgan fingerprint density at radius 3 is 2.33 bits per heavy atom. The van der Waals surface area contributed by atoms with Crippen molar-refractivity contribution in [2.24, 2.45) is 11.1 Å². The predicted molar refractivity (Wildman–Crippen MR) is 88.7 cm³/mol. The van der Waals surface area contributed by atoms with Gasteiger partial charge in [-0.2, -0.15) is 0 Å². The van der Waals surface area contributed by atoms with E-state index in [4.69, 9.17) is 10.9 Å². The normalized spacial score (nSPS) is 13.4. The van der Waals surface area contributed by atoms with Gasteiger partial charge in [-0.1, -0.05) is 26.7 Å². The van der Waals surface area contributed by atoms with E-state index in [1.54, 1.807) is 13.0 Å². The number of nitrogens with two attached hydrogens (primary N) is 2. The molecular weight excluding hydrogens is 286 g/mol. The van der Waals surface area contributed by atoms with Gasteiger partial charge in [-0.3, -0.25) is 0 Å². The zero-order chi connectivity index (χ0) is 16.2. The molecule has 0 aromatic heterocycles. The quantitative estimate of drug-likeness (QED) is 0.674. The van der Waals surface area contributed by atoms with Crippen LogP contribution >= 0.6 is 0 Å². The van der Waals surface area contributed by atoms with Crippen molar-refractivity contribution >= 4 is 21.4 Å². The number of nitrogens with one attached hydrogen (secondary N) is 1. The Kier molecular flexibility index (Phi) is 6.04. The Morgan fingerprint density at radius 2 is 1.81 bits per heavy atom. The molecule has 0 aliphatic heterocycles. The first-order chi connectivity index (χ1) is 9.61. The lowest BCUT2D eigenvalue weighted by Crippen LogP contribution is -2.19. The summed E-state index contributed by atoms with van der Waals surface area (Å²) in [5.41, 5.74) is 7.52. The first-order valence-electron chi connectivity index (χ1n) is 7.30. The van der Waals surface area contributed by atoms with Crippen LogP contribution in [-0.2, 0) is 10.0 Å². The standard InChI is InChI=1S/C15H27N3O2S/c1-10(2)6-5-7-11(3)18-14-8-13(16)9-15(12(14)4)21(17,19)20/h8-11,18H,5-7,16H2,1-4H3,(H2,17,19,20). The summed E-state index contributed by atoms with van der Waals surface area (Å²) in [6.07, 6.45) is 3.34. The molecule has 21 heavy (non-hydrogen) atoms. The monoisotopic (exact) mass is 313 g/mol. The highest BCUT2D eigenvalue weighted by Crippen LogP contribution is 2.27. The molecule has 5 N–H and O–H groups in total. The van der Waals surface area contributed by atoms with Crippen LogP contribution in [0.2, 0.25) is 0 Å². The van der Waals surface area contributed by atoms with Crippen molar-refractivity contribution in [2.45, 2.75) is 57.9 Å². The molecule has 1 rings (SSSR count). The van der Waals surface area contributed by atoms with Gasteiger partial charge in [0.2, 0.25) is 10.0 Å². The Hall–Kier alpha value is -1.27. The lowest BCUT2D eigenvalue weighted by molar-refractivity contribution is 0.520. The third-order valence-corrected chi connectivity index (χ3v) is 4.55. The zero-order valence-electron chi connectivity index (χ0n) is 13.3. The van der Waals surface area contributed by atoms with E-state index in [0.717, 1.165) is 18.5 Å². The molecule has 1 unspecified atom stereocenters. The second-order valence-electron chi connectivity index (χ2n) is 6.11. The molecule has 5 nitrogen and oxygen atoms in total. The summed E-state index contributed by atoms with van der Waals surface area (Å²) >= 11 is 0. The molecule has 120 valence electrons. The molecule has 0 bridgehead atoms. The average Bonchev–Trinajstić information content (AvgIpc) is 2.31. The maximum atomic E-state index is 11.6. The third-order valence-electron chi connectivity index (χ3n) is 3.51. The summed E-state index contributed by atoms with van der Waals surface area (Å²) in [5, 5.41) is 8.57. The smallest absolute Gasteiger partial charge is 0.238 e. The summed E-state index contributed by atoms with van der Waals surface area (Å²) in [7, 11) is -3.76. The molecule has 0 fully saturated rings. The molecule has 0 heterocycles. The minimum Gasteiger partial charge on any atom is -0.399 e. The van der Waals surface area contributed by atoms with Crippen molar-refractivity contribution in [3.63, 3.8) is 0 Å². The van der Waals surface area contributed by atoms with Crippen LogP contribution in [0, 0.1) is 12.8 Å². The average molecular weight is 313 g/mol. The molecule has 0 radical (unpaired) electrons. The fourth-order valence-electron chi connectivity index (χ4n) is 2.32. The summed E-state index contributed by atoms with van der Waals surface area (Å²) < 4.78 is 23.2. The van der Waals surface area contributed by atoms with Gasteiger partial charge in [-0.25, -0.2) is 13.6 Å². The van der Waals surface area contributed by atoms with Gasteiger partial charge < -0.3 is 11.1 Å². The van der Waals surface area contributed by atoms with Gasteiger partial charge in [0, 0.05) is 17.4 Å².